The summed E-state index contributed by atoms with van der Waals surface area (Å²) in [6.45, 7) is 0. The molecule has 0 aliphatic heterocycles. The van der Waals surface area contributed by atoms with Gasteiger partial charge < -0.3 is 0 Å². The molecule has 1 nitrogen and oxygen atoms in total. The quantitative estimate of drug-likeness (QED) is 0.753. The lowest BCUT2D eigenvalue weighted by Crippen LogP contribution is -1.89. The van der Waals surface area contributed by atoms with E-state index < -0.39 is 10.8 Å². The Hall–Kier alpha value is 0.300. The normalized spacial score (nSPS) is 12.9. The molecule has 0 aromatic heterocycles. The molecule has 1 aromatic rings. The molecule has 0 spiro atoms. The molecule has 0 heterocycles. The first-order valence-corrected chi connectivity index (χ1v) is 6.96. The van der Waals surface area contributed by atoms with Gasteiger partial charge in [0, 0.05) is 11.2 Å². The third-order valence-corrected chi connectivity index (χ3v) is 4.10. The topological polar surface area (TPSA) is 17.1 Å². The predicted molar refractivity (Wildman–Crippen MR) is 60.6 cm³/mol. The Kier molecular flexibility index (Phi) is 4.10. The summed E-state index contributed by atoms with van der Waals surface area (Å²) < 4.78 is 11.2. The Morgan fingerprint density at radius 2 is 1.92 bits per heavy atom. The van der Waals surface area contributed by atoms with E-state index in [0.717, 1.165) is 4.90 Å². The average molecular weight is 255 g/mol. The fraction of sp³-hybridized carbons (Fsp3) is 0.250. The molecule has 1 rings (SSSR count). The molecular formula is C8H8Cl2OS2. The molecule has 0 saturated carbocycles. The third-order valence-electron chi connectivity index (χ3n) is 1.52. The van der Waals surface area contributed by atoms with Crippen LogP contribution in [0.15, 0.2) is 21.9 Å². The number of rotatable bonds is 2. The molecule has 13 heavy (non-hydrogen) atoms. The molecule has 0 fully saturated rings. The monoisotopic (exact) mass is 254 g/mol. The highest BCUT2D eigenvalue weighted by Gasteiger charge is 2.08. The van der Waals surface area contributed by atoms with Gasteiger partial charge in [-0.1, -0.05) is 23.2 Å². The fourth-order valence-electron chi connectivity index (χ4n) is 0.887. The van der Waals surface area contributed by atoms with Crippen LogP contribution in [0.5, 0.6) is 0 Å². The van der Waals surface area contributed by atoms with Gasteiger partial charge in [0.25, 0.3) is 0 Å². The lowest BCUT2D eigenvalue weighted by molar-refractivity contribution is 0.686. The van der Waals surface area contributed by atoms with Crippen LogP contribution < -0.4 is 0 Å². The minimum atomic E-state index is -1.06. The zero-order valence-corrected chi connectivity index (χ0v) is 10.3. The fourth-order valence-corrected chi connectivity index (χ4v) is 3.01. The number of benzene rings is 1. The van der Waals surface area contributed by atoms with Crippen molar-refractivity contribution >= 4 is 45.8 Å². The molecule has 5 heteroatoms. The molecule has 0 bridgehead atoms. The van der Waals surface area contributed by atoms with Gasteiger partial charge in [0.1, 0.15) is 0 Å². The smallest absolute Gasteiger partial charge is 0.0583 e. The minimum Gasteiger partial charge on any atom is -0.255 e. The Morgan fingerprint density at radius 3 is 2.38 bits per heavy atom. The zero-order chi connectivity index (χ0) is 10.0. The van der Waals surface area contributed by atoms with Gasteiger partial charge in [-0.3, -0.25) is 4.21 Å². The summed E-state index contributed by atoms with van der Waals surface area (Å²) in [4.78, 5) is 1.53. The molecule has 0 saturated heterocycles. The number of hydrogen-bond acceptors (Lipinski definition) is 2. The summed E-state index contributed by atoms with van der Waals surface area (Å²) >= 11 is 13.3. The first-order chi connectivity index (χ1) is 6.06. The van der Waals surface area contributed by atoms with E-state index in [9.17, 15) is 4.21 Å². The van der Waals surface area contributed by atoms with Crippen LogP contribution in [0.1, 0.15) is 0 Å². The maximum absolute atomic E-state index is 11.2. The Morgan fingerprint density at radius 1 is 1.31 bits per heavy atom. The van der Waals surface area contributed by atoms with E-state index in [0.29, 0.717) is 14.9 Å². The number of thioether (sulfide) groups is 1. The van der Waals surface area contributed by atoms with Crippen molar-refractivity contribution in [1.82, 2.24) is 0 Å². The van der Waals surface area contributed by atoms with Gasteiger partial charge in [-0.15, -0.1) is 11.8 Å². The summed E-state index contributed by atoms with van der Waals surface area (Å²) in [6.07, 6.45) is 3.51. The summed E-state index contributed by atoms with van der Waals surface area (Å²) in [7, 11) is -1.06. The predicted octanol–water partition coefficient (Wildman–Crippen LogP) is 3.45. The molecule has 1 unspecified atom stereocenters. The SMILES string of the molecule is CSc1cc(S(C)=O)c(Cl)cc1Cl. The van der Waals surface area contributed by atoms with E-state index in [-0.39, 0.29) is 0 Å². The lowest BCUT2D eigenvalue weighted by Gasteiger charge is -2.05. The lowest BCUT2D eigenvalue weighted by atomic mass is 10.3. The van der Waals surface area contributed by atoms with Crippen molar-refractivity contribution in [2.45, 2.75) is 9.79 Å². The van der Waals surface area contributed by atoms with E-state index in [2.05, 4.69) is 0 Å². The van der Waals surface area contributed by atoms with Crippen molar-refractivity contribution in [3.8, 4) is 0 Å². The molecule has 72 valence electrons. The Labute approximate surface area is 94.3 Å². The molecular weight excluding hydrogens is 247 g/mol. The van der Waals surface area contributed by atoms with E-state index in [1.54, 1.807) is 18.4 Å². The molecule has 1 aromatic carbocycles. The van der Waals surface area contributed by atoms with E-state index in [1.807, 2.05) is 6.26 Å². The van der Waals surface area contributed by atoms with Gasteiger partial charge in [0.15, 0.2) is 0 Å². The minimum absolute atomic E-state index is 0.462. The largest absolute Gasteiger partial charge is 0.255 e. The standard InChI is InChI=1S/C8H8Cl2OS2/c1-12-7-4-8(13(2)11)6(10)3-5(7)9/h3-4H,1-2H3. The van der Waals surface area contributed by atoms with Crippen molar-refractivity contribution in [1.29, 1.82) is 0 Å². The summed E-state index contributed by atoms with van der Waals surface area (Å²) in [5.41, 5.74) is 0. The first-order valence-electron chi connectivity index (χ1n) is 3.42. The van der Waals surface area contributed by atoms with Gasteiger partial charge in [-0.05, 0) is 18.4 Å². The van der Waals surface area contributed by atoms with Crippen LogP contribution >= 0.6 is 35.0 Å². The second-order valence-electron chi connectivity index (χ2n) is 2.37. The van der Waals surface area contributed by atoms with Crippen molar-refractivity contribution in [3.63, 3.8) is 0 Å². The van der Waals surface area contributed by atoms with Crippen LogP contribution in [-0.2, 0) is 10.8 Å². The van der Waals surface area contributed by atoms with E-state index >= 15 is 0 Å². The van der Waals surface area contributed by atoms with Crippen LogP contribution in [0.25, 0.3) is 0 Å². The molecule has 0 N–H and O–H groups in total. The highest BCUT2D eigenvalue weighted by atomic mass is 35.5. The zero-order valence-electron chi connectivity index (χ0n) is 7.14. The van der Waals surface area contributed by atoms with Crippen molar-refractivity contribution in [3.05, 3.63) is 22.2 Å². The van der Waals surface area contributed by atoms with Crippen molar-refractivity contribution in [2.24, 2.45) is 0 Å². The summed E-state index contributed by atoms with van der Waals surface area (Å²) in [6, 6.07) is 3.40. The molecule has 0 amide bonds. The van der Waals surface area contributed by atoms with Crippen molar-refractivity contribution < 1.29 is 4.21 Å². The van der Waals surface area contributed by atoms with E-state index in [1.165, 1.54) is 11.8 Å². The third kappa shape index (κ3) is 2.62. The molecule has 0 radical (unpaired) electrons. The van der Waals surface area contributed by atoms with Crippen LogP contribution in [0, 0.1) is 0 Å². The maximum Gasteiger partial charge on any atom is 0.0583 e. The maximum atomic E-state index is 11.2. The second-order valence-corrected chi connectivity index (χ2v) is 5.38. The Bertz CT molecular complexity index is 352. The molecule has 0 aliphatic rings. The van der Waals surface area contributed by atoms with Gasteiger partial charge in [-0.25, -0.2) is 0 Å². The van der Waals surface area contributed by atoms with Crippen LogP contribution in [-0.4, -0.2) is 16.7 Å². The number of hydrogen-bond donors (Lipinski definition) is 0. The van der Waals surface area contributed by atoms with Crippen molar-refractivity contribution in [2.75, 3.05) is 12.5 Å². The second kappa shape index (κ2) is 4.69. The summed E-state index contributed by atoms with van der Waals surface area (Å²) in [5, 5.41) is 1.07. The van der Waals surface area contributed by atoms with Gasteiger partial charge in [0.2, 0.25) is 0 Å². The average Bonchev–Trinajstić information content (AvgIpc) is 2.03. The van der Waals surface area contributed by atoms with E-state index in [4.69, 9.17) is 23.2 Å². The van der Waals surface area contributed by atoms with Gasteiger partial charge in [-0.2, -0.15) is 0 Å². The highest BCUT2D eigenvalue weighted by molar-refractivity contribution is 7.98. The molecule has 1 atom stereocenters. The van der Waals surface area contributed by atoms with Gasteiger partial charge >= 0.3 is 0 Å². The first kappa shape index (κ1) is 11.4. The van der Waals surface area contributed by atoms with Crippen LogP contribution in [0.3, 0.4) is 0 Å². The van der Waals surface area contributed by atoms with Gasteiger partial charge in [0.05, 0.1) is 25.7 Å². The number of halogens is 2. The van der Waals surface area contributed by atoms with Crippen LogP contribution in [0.2, 0.25) is 10.0 Å². The van der Waals surface area contributed by atoms with Crippen LogP contribution in [0.4, 0.5) is 0 Å². The summed E-state index contributed by atoms with van der Waals surface area (Å²) in [5.74, 6) is 0. The molecule has 0 aliphatic carbocycles. The Balaban J connectivity index is 3.30. The highest BCUT2D eigenvalue weighted by Crippen LogP contribution is 2.32.